The van der Waals surface area contributed by atoms with Gasteiger partial charge in [0.15, 0.2) is 0 Å². The van der Waals surface area contributed by atoms with Gasteiger partial charge < -0.3 is 24.8 Å². The lowest BCUT2D eigenvalue weighted by Gasteiger charge is -2.64. The summed E-state index contributed by atoms with van der Waals surface area (Å²) in [5.41, 5.74) is 0.197. The fraction of sp³-hybridized carbons (Fsp3) is 0.514. The third-order valence-corrected chi connectivity index (χ3v) is 11.5. The first kappa shape index (κ1) is 33.1. The Labute approximate surface area is 287 Å². The number of carbonyl (C=O) groups excluding carboxylic acids is 2. The van der Waals surface area contributed by atoms with Gasteiger partial charge in [-0.3, -0.25) is 14.6 Å². The van der Waals surface area contributed by atoms with Crippen molar-refractivity contribution in [2.45, 2.75) is 90.0 Å². The Bertz CT molecular complexity index is 1760. The van der Waals surface area contributed by atoms with Crippen LogP contribution in [0.3, 0.4) is 0 Å². The molecule has 9 nitrogen and oxygen atoms in total. The van der Waals surface area contributed by atoms with Crippen LogP contribution in [0, 0.1) is 23.2 Å². The first-order valence-electron chi connectivity index (χ1n) is 17.1. The van der Waals surface area contributed by atoms with Crippen LogP contribution in [0.5, 0.6) is 0 Å². The van der Waals surface area contributed by atoms with Crippen molar-refractivity contribution in [1.29, 1.82) is 0 Å². The number of nitrogens with zero attached hydrogens (tertiary/aromatic N) is 2. The van der Waals surface area contributed by atoms with E-state index in [9.17, 15) is 9.59 Å². The zero-order valence-electron chi connectivity index (χ0n) is 28.3. The monoisotopic (exact) mass is 670 g/mol. The number of fused-ring (bicyclic) bond motifs is 1. The highest BCUT2D eigenvalue weighted by atomic mass is 35.5. The van der Waals surface area contributed by atoms with Crippen molar-refractivity contribution in [3.8, 4) is 0 Å². The Morgan fingerprint density at radius 1 is 1.08 bits per heavy atom. The largest absolute Gasteiger partial charge is 0.481 e. The highest BCUT2D eigenvalue weighted by molar-refractivity contribution is 6.48. The van der Waals surface area contributed by atoms with Crippen molar-refractivity contribution in [2.24, 2.45) is 28.3 Å². The maximum Gasteiger partial charge on any atom is 0.481 e. The summed E-state index contributed by atoms with van der Waals surface area (Å²) >= 11 is 6.35. The van der Waals surface area contributed by atoms with Crippen molar-refractivity contribution < 1.29 is 23.7 Å². The molecule has 1 saturated heterocycles. The van der Waals surface area contributed by atoms with E-state index in [2.05, 4.69) is 55.4 Å². The van der Waals surface area contributed by atoms with Crippen LogP contribution in [0.15, 0.2) is 65.9 Å². The van der Waals surface area contributed by atoms with Crippen LogP contribution < -0.4 is 10.6 Å². The summed E-state index contributed by atoms with van der Waals surface area (Å²) in [5, 5.41) is 12.8. The fourth-order valence-corrected chi connectivity index (χ4v) is 8.81. The lowest BCUT2D eigenvalue weighted by molar-refractivity contribution is -0.199. The maximum atomic E-state index is 14.5. The Kier molecular flexibility index (Phi) is 8.57. The minimum absolute atomic E-state index is 0.00348. The molecule has 2 N–H and O–H groups in total. The number of carbonyl (C=O) groups is 2. The van der Waals surface area contributed by atoms with E-state index in [1.165, 1.54) is 0 Å². The lowest BCUT2D eigenvalue weighted by atomic mass is 9.43. The molecule has 2 bridgehead atoms. The molecule has 8 rings (SSSR count). The molecule has 1 aromatic heterocycles. The second kappa shape index (κ2) is 12.5. The smallest absolute Gasteiger partial charge is 0.404 e. The number of benzene rings is 2. The maximum absolute atomic E-state index is 14.5. The van der Waals surface area contributed by atoms with Gasteiger partial charge in [-0.25, -0.2) is 0 Å². The van der Waals surface area contributed by atoms with Gasteiger partial charge in [0.05, 0.1) is 29.9 Å². The average Bonchev–Trinajstić information content (AvgIpc) is 3.64. The predicted octanol–water partition coefficient (Wildman–Crippen LogP) is 6.17. The number of aromatic nitrogens is 1. The molecular formula is C37H44BClN4O5. The van der Waals surface area contributed by atoms with Gasteiger partial charge in [0.2, 0.25) is 5.60 Å². The summed E-state index contributed by atoms with van der Waals surface area (Å²) in [4.78, 5) is 38.1. The summed E-state index contributed by atoms with van der Waals surface area (Å²) in [6.45, 7) is 11.2. The topological polar surface area (TPSA) is 111 Å². The van der Waals surface area contributed by atoms with Crippen LogP contribution in [0.1, 0.15) is 76.4 Å². The molecular weight excluding hydrogens is 627 g/mol. The first-order valence-corrected chi connectivity index (χ1v) is 17.5. The Morgan fingerprint density at radius 3 is 2.67 bits per heavy atom. The number of hydrogen-bond donors (Lipinski definition) is 2. The normalized spacial score (nSPS) is 29.1. The molecule has 4 fully saturated rings. The summed E-state index contributed by atoms with van der Waals surface area (Å²) < 4.78 is 13.5. The van der Waals surface area contributed by atoms with Crippen LogP contribution in [-0.4, -0.2) is 59.4 Å². The van der Waals surface area contributed by atoms with Crippen LogP contribution >= 0.6 is 11.6 Å². The molecule has 2 amide bonds. The third-order valence-electron chi connectivity index (χ3n) is 11.3. The van der Waals surface area contributed by atoms with Crippen LogP contribution in [-0.2, 0) is 25.4 Å². The van der Waals surface area contributed by atoms with E-state index in [0.29, 0.717) is 34.7 Å². The molecule has 3 aromatic rings. The second-order valence-corrected chi connectivity index (χ2v) is 15.8. The number of halogens is 1. The van der Waals surface area contributed by atoms with Gasteiger partial charge in [-0.05, 0) is 78.5 Å². The van der Waals surface area contributed by atoms with Gasteiger partial charge >= 0.3 is 7.12 Å². The fourth-order valence-electron chi connectivity index (χ4n) is 8.60. The van der Waals surface area contributed by atoms with Gasteiger partial charge in [0.1, 0.15) is 5.69 Å². The molecule has 3 saturated carbocycles. The summed E-state index contributed by atoms with van der Waals surface area (Å²) in [7, 11) is -0.570. The summed E-state index contributed by atoms with van der Waals surface area (Å²) in [6, 6.07) is 16.9. The van der Waals surface area contributed by atoms with E-state index in [0.717, 1.165) is 29.2 Å². The molecule has 11 heteroatoms. The van der Waals surface area contributed by atoms with Crippen LogP contribution in [0.4, 0.5) is 0 Å². The number of oxime groups is 1. The minimum Gasteiger partial charge on any atom is -0.404 e. The minimum atomic E-state index is -1.35. The van der Waals surface area contributed by atoms with Gasteiger partial charge in [0, 0.05) is 29.4 Å². The van der Waals surface area contributed by atoms with Crippen molar-refractivity contribution in [3.63, 3.8) is 0 Å². The van der Waals surface area contributed by atoms with Crippen molar-refractivity contribution in [3.05, 3.63) is 77.1 Å². The molecule has 0 spiro atoms. The molecule has 5 aliphatic rings. The SMILES string of the molecule is CC(C)C[C@H](NC(=O)C1(Cc2cccc(Cl)c2)CC(CNC(=O)c2nccc3ccccc23)=NO1)B1O[C@@H]2C[C@@H]3C[C@@H](C3(C)C)[C@]2(C)O1. The zero-order valence-corrected chi connectivity index (χ0v) is 29.0. The van der Waals surface area contributed by atoms with Crippen LogP contribution in [0.2, 0.25) is 5.02 Å². The molecule has 1 unspecified atom stereocenters. The molecule has 3 heterocycles. The Balaban J connectivity index is 1.09. The second-order valence-electron chi connectivity index (χ2n) is 15.3. The van der Waals surface area contributed by atoms with Crippen molar-refractivity contribution in [2.75, 3.05) is 6.54 Å². The standard InChI is InChI=1S/C37H44BClN4O5/c1-22(2)15-31(38-46-30-18-25-17-29(35(25,3)4)36(30,5)47-38)42-34(45)37(19-23-9-8-11-26(39)16-23)20-27(43-48-37)21-41-33(44)32-28-12-7-6-10-24(28)13-14-40-32/h6-14,16,22,25,29-31H,15,17-21H2,1-5H3,(H,41,44)(H,42,45)/t25-,29-,30+,31-,36-,37?/m0/s1. The van der Waals surface area contributed by atoms with E-state index in [1.54, 1.807) is 12.3 Å². The van der Waals surface area contributed by atoms with E-state index in [-0.39, 0.29) is 54.6 Å². The van der Waals surface area contributed by atoms with E-state index < -0.39 is 18.3 Å². The zero-order chi connectivity index (χ0) is 33.8. The van der Waals surface area contributed by atoms with Gasteiger partial charge in [0.25, 0.3) is 11.8 Å². The number of nitrogens with one attached hydrogen (secondary N) is 2. The van der Waals surface area contributed by atoms with Crippen molar-refractivity contribution >= 4 is 47.0 Å². The molecule has 6 atom stereocenters. The predicted molar refractivity (Wildman–Crippen MR) is 187 cm³/mol. The van der Waals surface area contributed by atoms with Crippen LogP contribution in [0.25, 0.3) is 10.8 Å². The molecule has 3 aliphatic carbocycles. The number of hydrogen-bond acceptors (Lipinski definition) is 7. The Hall–Kier alpha value is -3.47. The van der Waals surface area contributed by atoms with E-state index in [4.69, 9.17) is 25.7 Å². The lowest BCUT2D eigenvalue weighted by Crippen LogP contribution is -2.65. The third kappa shape index (κ3) is 5.90. The van der Waals surface area contributed by atoms with Gasteiger partial charge in [-0.1, -0.05) is 80.8 Å². The highest BCUT2D eigenvalue weighted by Crippen LogP contribution is 2.65. The van der Waals surface area contributed by atoms with E-state index in [1.807, 2.05) is 48.5 Å². The number of pyridine rings is 1. The Morgan fingerprint density at radius 2 is 1.90 bits per heavy atom. The average molecular weight is 671 g/mol. The molecule has 2 aliphatic heterocycles. The number of rotatable bonds is 10. The summed E-state index contributed by atoms with van der Waals surface area (Å²) in [5.74, 6) is 0.307. The first-order chi connectivity index (χ1) is 22.9. The molecule has 252 valence electrons. The van der Waals surface area contributed by atoms with Gasteiger partial charge in [-0.15, -0.1) is 0 Å². The molecule has 0 radical (unpaired) electrons. The van der Waals surface area contributed by atoms with Crippen molar-refractivity contribution in [1.82, 2.24) is 15.6 Å². The van der Waals surface area contributed by atoms with E-state index >= 15 is 0 Å². The molecule has 2 aromatic carbocycles. The highest BCUT2D eigenvalue weighted by Gasteiger charge is 2.68. The van der Waals surface area contributed by atoms with Gasteiger partial charge in [-0.2, -0.15) is 0 Å². The number of amides is 2. The quantitative estimate of drug-likeness (QED) is 0.250. The molecule has 48 heavy (non-hydrogen) atoms. The summed E-state index contributed by atoms with van der Waals surface area (Å²) in [6.07, 6.45) is 4.85.